The van der Waals surface area contributed by atoms with Crippen LogP contribution in [0.5, 0.6) is 0 Å². The van der Waals surface area contributed by atoms with Gasteiger partial charge in [0.1, 0.15) is 11.5 Å². The highest BCUT2D eigenvalue weighted by molar-refractivity contribution is 6.04. The normalized spacial score (nSPS) is 13.3. The van der Waals surface area contributed by atoms with Crippen LogP contribution in [0.15, 0.2) is 109 Å². The lowest BCUT2D eigenvalue weighted by atomic mass is 9.88. The quantitative estimate of drug-likeness (QED) is 0.507. The Kier molecular flexibility index (Phi) is 4.14. The number of fused-ring (bicyclic) bond motifs is 2. The molecular formula is C25H14O5. The van der Waals surface area contributed by atoms with Gasteiger partial charge in [-0.2, -0.15) is 0 Å². The summed E-state index contributed by atoms with van der Waals surface area (Å²) in [4.78, 5) is 37.6. The zero-order valence-electron chi connectivity index (χ0n) is 15.6. The summed E-state index contributed by atoms with van der Waals surface area (Å²) in [5.74, 6) is 0.641. The zero-order valence-corrected chi connectivity index (χ0v) is 15.6. The minimum atomic E-state index is -0.563. The predicted molar refractivity (Wildman–Crippen MR) is 113 cm³/mol. The summed E-state index contributed by atoms with van der Waals surface area (Å²) < 4.78 is 11.0. The number of rotatable bonds is 2. The van der Waals surface area contributed by atoms with Crippen molar-refractivity contribution in [2.75, 3.05) is 0 Å². The van der Waals surface area contributed by atoms with Gasteiger partial charge in [-0.1, -0.05) is 60.7 Å². The lowest BCUT2D eigenvalue weighted by Gasteiger charge is -2.10. The second-order valence-electron chi connectivity index (χ2n) is 6.81. The van der Waals surface area contributed by atoms with Crippen LogP contribution < -0.4 is 11.3 Å². The molecule has 0 spiro atoms. The maximum absolute atomic E-state index is 12.9. The molecule has 0 radical (unpaired) electrons. The molecule has 5 aliphatic rings. The van der Waals surface area contributed by atoms with Gasteiger partial charge in [0.05, 0.1) is 11.1 Å². The molecule has 3 aliphatic carbocycles. The third-order valence-corrected chi connectivity index (χ3v) is 4.99. The van der Waals surface area contributed by atoms with Gasteiger partial charge in [-0.15, -0.1) is 0 Å². The SMILES string of the molecule is O=C1C=CC(=C(c2c3cccccc-3oc2=O)c2c3cccccc-3oc2=O)C=C1. The van der Waals surface area contributed by atoms with E-state index in [0.717, 1.165) is 0 Å². The van der Waals surface area contributed by atoms with Crippen LogP contribution in [-0.4, -0.2) is 5.78 Å². The van der Waals surface area contributed by atoms with Crippen molar-refractivity contribution >= 4 is 11.4 Å². The van der Waals surface area contributed by atoms with Crippen molar-refractivity contribution in [3.63, 3.8) is 0 Å². The minimum absolute atomic E-state index is 0.172. The molecule has 5 rings (SSSR count). The maximum Gasteiger partial charge on any atom is 0.344 e. The largest absolute Gasteiger partial charge is 0.422 e. The molecular weight excluding hydrogens is 380 g/mol. The van der Waals surface area contributed by atoms with Crippen molar-refractivity contribution in [1.82, 2.24) is 0 Å². The number of allylic oxidation sites excluding steroid dienone is 5. The Labute approximate surface area is 170 Å². The van der Waals surface area contributed by atoms with Crippen LogP contribution in [0, 0.1) is 0 Å². The molecule has 0 N–H and O–H groups in total. The summed E-state index contributed by atoms with van der Waals surface area (Å²) in [6, 6.07) is 17.7. The van der Waals surface area contributed by atoms with Gasteiger partial charge < -0.3 is 8.83 Å². The first kappa shape index (κ1) is 17.8. The van der Waals surface area contributed by atoms with E-state index in [4.69, 9.17) is 8.83 Å². The molecule has 0 saturated heterocycles. The van der Waals surface area contributed by atoms with Gasteiger partial charge in [0, 0.05) is 16.7 Å². The molecule has 0 aromatic carbocycles. The first-order valence-electron chi connectivity index (χ1n) is 9.32. The van der Waals surface area contributed by atoms with E-state index in [9.17, 15) is 14.4 Å². The molecule has 0 bridgehead atoms. The number of ketones is 1. The van der Waals surface area contributed by atoms with E-state index in [-0.39, 0.29) is 16.9 Å². The molecule has 30 heavy (non-hydrogen) atoms. The number of furan rings is 2. The topological polar surface area (TPSA) is 77.5 Å². The average Bonchev–Trinajstić information content (AvgIpc) is 2.98. The van der Waals surface area contributed by atoms with Crippen LogP contribution >= 0.6 is 0 Å². The van der Waals surface area contributed by atoms with Gasteiger partial charge in [0.2, 0.25) is 0 Å². The standard InChI is InChI=1S/C25H14O5/c26-16-13-11-15(12-14-16)21(22-17-7-3-1-5-9-19(17)29-24(22)27)23-18-8-4-2-6-10-20(18)30-25(23)28/h1-14H. The van der Waals surface area contributed by atoms with Crippen molar-refractivity contribution in [3.05, 3.63) is 123 Å². The van der Waals surface area contributed by atoms with E-state index in [1.807, 2.05) is 12.1 Å². The van der Waals surface area contributed by atoms with Crippen molar-refractivity contribution in [2.45, 2.75) is 0 Å². The van der Waals surface area contributed by atoms with E-state index < -0.39 is 11.3 Å². The minimum Gasteiger partial charge on any atom is -0.422 e. The predicted octanol–water partition coefficient (Wildman–Crippen LogP) is 4.30. The molecule has 0 saturated carbocycles. The van der Waals surface area contributed by atoms with Gasteiger partial charge in [0.15, 0.2) is 5.78 Å². The summed E-state index contributed by atoms with van der Waals surface area (Å²) in [6.45, 7) is 0. The number of hydrogen-bond donors (Lipinski definition) is 0. The van der Waals surface area contributed by atoms with Gasteiger partial charge in [-0.3, -0.25) is 4.79 Å². The molecule has 2 aliphatic heterocycles. The summed E-state index contributed by atoms with van der Waals surface area (Å²) in [5, 5.41) is 0. The third-order valence-electron chi connectivity index (χ3n) is 4.99. The molecule has 5 heteroatoms. The Hall–Kier alpha value is -4.25. The van der Waals surface area contributed by atoms with Crippen LogP contribution in [0.2, 0.25) is 0 Å². The molecule has 5 nitrogen and oxygen atoms in total. The lowest BCUT2D eigenvalue weighted by Crippen LogP contribution is -2.10. The fourth-order valence-electron chi connectivity index (χ4n) is 3.68. The summed E-state index contributed by atoms with van der Waals surface area (Å²) in [6.07, 6.45) is 5.99. The van der Waals surface area contributed by atoms with E-state index in [1.165, 1.54) is 12.2 Å². The average molecular weight is 394 g/mol. The monoisotopic (exact) mass is 394 g/mol. The third kappa shape index (κ3) is 2.84. The molecule has 2 heterocycles. The highest BCUT2D eigenvalue weighted by Gasteiger charge is 2.29. The van der Waals surface area contributed by atoms with E-state index >= 15 is 0 Å². The van der Waals surface area contributed by atoms with E-state index in [2.05, 4.69) is 0 Å². The Balaban J connectivity index is 1.92. The fourth-order valence-corrected chi connectivity index (χ4v) is 3.68. The van der Waals surface area contributed by atoms with Crippen LogP contribution in [0.25, 0.3) is 28.2 Å². The Bertz CT molecular complexity index is 1340. The number of hydrogen-bond acceptors (Lipinski definition) is 5. The molecule has 0 unspecified atom stereocenters. The van der Waals surface area contributed by atoms with Gasteiger partial charge in [-0.05, 0) is 29.9 Å². The van der Waals surface area contributed by atoms with E-state index in [1.54, 1.807) is 60.7 Å². The first-order chi connectivity index (χ1) is 14.6. The maximum atomic E-state index is 12.9. The van der Waals surface area contributed by atoms with Crippen molar-refractivity contribution in [1.29, 1.82) is 0 Å². The van der Waals surface area contributed by atoms with Crippen molar-refractivity contribution in [3.8, 4) is 22.6 Å². The van der Waals surface area contributed by atoms with Crippen LogP contribution in [-0.2, 0) is 4.79 Å². The van der Waals surface area contributed by atoms with Gasteiger partial charge in [0.25, 0.3) is 0 Å². The second-order valence-corrected chi connectivity index (χ2v) is 6.81. The molecule has 0 aromatic rings. The number of carbonyl (C=O) groups excluding carboxylic acids is 1. The zero-order chi connectivity index (χ0) is 20.7. The highest BCUT2D eigenvalue weighted by Crippen LogP contribution is 2.39. The van der Waals surface area contributed by atoms with Crippen molar-refractivity contribution < 1.29 is 13.6 Å². The Morgan fingerprint density at radius 1 is 0.567 bits per heavy atom. The molecule has 0 fully saturated rings. The van der Waals surface area contributed by atoms with Gasteiger partial charge in [-0.25, -0.2) is 9.59 Å². The smallest absolute Gasteiger partial charge is 0.344 e. The fraction of sp³-hybridized carbons (Fsp3) is 0. The number of carbonyl (C=O) groups is 1. The Morgan fingerprint density at radius 3 is 1.53 bits per heavy atom. The second kappa shape index (κ2) is 6.97. The van der Waals surface area contributed by atoms with Crippen molar-refractivity contribution in [2.24, 2.45) is 0 Å². The highest BCUT2D eigenvalue weighted by atomic mass is 16.4. The Morgan fingerprint density at radius 2 is 1.03 bits per heavy atom. The van der Waals surface area contributed by atoms with Crippen LogP contribution in [0.1, 0.15) is 11.1 Å². The molecule has 0 amide bonds. The summed E-state index contributed by atoms with van der Waals surface area (Å²) in [5.41, 5.74) is 1.45. The summed E-state index contributed by atoms with van der Waals surface area (Å²) in [7, 11) is 0. The van der Waals surface area contributed by atoms with Gasteiger partial charge >= 0.3 is 11.3 Å². The molecule has 0 aromatic heterocycles. The van der Waals surface area contributed by atoms with Crippen LogP contribution in [0.4, 0.5) is 0 Å². The first-order valence-corrected chi connectivity index (χ1v) is 9.32. The van der Waals surface area contributed by atoms with E-state index in [0.29, 0.717) is 33.8 Å². The molecule has 0 atom stereocenters. The summed E-state index contributed by atoms with van der Waals surface area (Å²) >= 11 is 0. The lowest BCUT2D eigenvalue weighted by molar-refractivity contribution is -0.110. The molecule has 144 valence electrons. The van der Waals surface area contributed by atoms with Crippen LogP contribution in [0.3, 0.4) is 0 Å².